The van der Waals surface area contributed by atoms with Crippen molar-refractivity contribution in [3.05, 3.63) is 48.0 Å². The highest BCUT2D eigenvalue weighted by Gasteiger charge is 2.11. The molecule has 0 aromatic heterocycles. The molecule has 0 amide bonds. The largest absolute Gasteiger partial charge is 0.352 e. The molecule has 0 spiro atoms. The summed E-state index contributed by atoms with van der Waals surface area (Å²) in [7, 11) is 2.07. The van der Waals surface area contributed by atoms with Crippen molar-refractivity contribution in [3.63, 3.8) is 0 Å². The summed E-state index contributed by atoms with van der Waals surface area (Å²) in [6, 6.07) is 14.9. The maximum Gasteiger partial charge on any atom is 0.194 e. The van der Waals surface area contributed by atoms with Crippen LogP contribution in [0.25, 0.3) is 10.8 Å². The van der Waals surface area contributed by atoms with Gasteiger partial charge in [-0.2, -0.15) is 0 Å². The first-order chi connectivity index (χ1) is 8.84. The summed E-state index contributed by atoms with van der Waals surface area (Å²) in [6.07, 6.45) is 0. The first-order valence-corrected chi connectivity index (χ1v) is 6.31. The van der Waals surface area contributed by atoms with Gasteiger partial charge in [-0.3, -0.25) is 4.99 Å². The highest BCUT2D eigenvalue weighted by molar-refractivity contribution is 5.86. The van der Waals surface area contributed by atoms with Crippen molar-refractivity contribution in [2.75, 3.05) is 20.1 Å². The normalized spacial score (nSPS) is 14.9. The molecular weight excluding hydrogens is 222 g/mol. The first kappa shape index (κ1) is 11.1. The zero-order valence-electron chi connectivity index (χ0n) is 10.6. The molecule has 0 aliphatic carbocycles. The fourth-order valence-corrected chi connectivity index (χ4v) is 2.34. The Morgan fingerprint density at radius 2 is 2.00 bits per heavy atom. The second-order valence-electron chi connectivity index (χ2n) is 4.62. The van der Waals surface area contributed by atoms with E-state index in [0.29, 0.717) is 0 Å². The molecule has 2 aromatic rings. The van der Waals surface area contributed by atoms with Gasteiger partial charge >= 0.3 is 0 Å². The minimum Gasteiger partial charge on any atom is -0.352 e. The van der Waals surface area contributed by atoms with Crippen LogP contribution in [0.15, 0.2) is 47.5 Å². The third-order valence-electron chi connectivity index (χ3n) is 3.38. The third-order valence-corrected chi connectivity index (χ3v) is 3.38. The van der Waals surface area contributed by atoms with Crippen LogP contribution in [0.2, 0.25) is 0 Å². The third kappa shape index (κ3) is 2.04. The smallest absolute Gasteiger partial charge is 0.194 e. The monoisotopic (exact) mass is 239 g/mol. The molecule has 0 atom stereocenters. The summed E-state index contributed by atoms with van der Waals surface area (Å²) < 4.78 is 0. The average molecular weight is 239 g/mol. The van der Waals surface area contributed by atoms with E-state index in [1.54, 1.807) is 0 Å². The maximum atomic E-state index is 4.44. The molecular formula is C15H17N3. The summed E-state index contributed by atoms with van der Waals surface area (Å²) in [6.45, 7) is 2.73. The van der Waals surface area contributed by atoms with E-state index in [1.165, 1.54) is 16.3 Å². The Balaban J connectivity index is 1.82. The standard InChI is InChI=1S/C15H17N3/c1-18-10-9-16-15(18)17-11-13-7-4-6-12-5-2-3-8-14(12)13/h2-8H,9-11H2,1H3,(H,16,17). The molecule has 0 saturated carbocycles. The van der Waals surface area contributed by atoms with E-state index < -0.39 is 0 Å². The molecule has 1 heterocycles. The Morgan fingerprint density at radius 1 is 1.17 bits per heavy atom. The van der Waals surface area contributed by atoms with Crippen LogP contribution in [-0.4, -0.2) is 31.0 Å². The van der Waals surface area contributed by atoms with Gasteiger partial charge in [0.2, 0.25) is 0 Å². The molecule has 0 bridgehead atoms. The second kappa shape index (κ2) is 4.69. The molecule has 0 radical (unpaired) electrons. The van der Waals surface area contributed by atoms with E-state index in [9.17, 15) is 0 Å². The van der Waals surface area contributed by atoms with Gasteiger partial charge in [-0.05, 0) is 16.3 Å². The quantitative estimate of drug-likeness (QED) is 0.870. The summed E-state index contributed by atoms with van der Waals surface area (Å²) in [5, 5.41) is 6.02. The van der Waals surface area contributed by atoms with Crippen molar-refractivity contribution in [3.8, 4) is 0 Å². The number of aliphatic imine (C=N–C) groups is 1. The van der Waals surface area contributed by atoms with E-state index in [2.05, 4.69) is 64.7 Å². The Hall–Kier alpha value is -2.03. The van der Waals surface area contributed by atoms with Gasteiger partial charge in [0.25, 0.3) is 0 Å². The number of likely N-dealkylation sites (N-methyl/N-ethyl adjacent to an activating group) is 1. The highest BCUT2D eigenvalue weighted by atomic mass is 15.3. The minimum absolute atomic E-state index is 0.824. The number of nitrogens with one attached hydrogen (secondary N) is 1. The summed E-state index contributed by atoms with van der Waals surface area (Å²) in [5.74, 6) is 1.00. The van der Waals surface area contributed by atoms with Crippen molar-refractivity contribution in [1.29, 1.82) is 0 Å². The number of fused-ring (bicyclic) bond motifs is 1. The lowest BCUT2D eigenvalue weighted by Gasteiger charge is -2.16. The topological polar surface area (TPSA) is 27.6 Å². The Kier molecular flexibility index (Phi) is 2.89. The van der Waals surface area contributed by atoms with Gasteiger partial charge in [0.15, 0.2) is 5.96 Å². The van der Waals surface area contributed by atoms with E-state index in [-0.39, 0.29) is 0 Å². The van der Waals surface area contributed by atoms with Crippen LogP contribution in [0.5, 0.6) is 0 Å². The Bertz CT molecular complexity index is 584. The summed E-state index contributed by atoms with van der Waals surface area (Å²) >= 11 is 0. The zero-order chi connectivity index (χ0) is 12.4. The van der Waals surface area contributed by atoms with Gasteiger partial charge in [0, 0.05) is 20.1 Å². The lowest BCUT2D eigenvalue weighted by Crippen LogP contribution is -2.35. The van der Waals surface area contributed by atoms with Crippen molar-refractivity contribution < 1.29 is 0 Å². The SMILES string of the molecule is CN1CCN=C1NCc1cccc2ccccc12. The van der Waals surface area contributed by atoms with Crippen LogP contribution >= 0.6 is 0 Å². The first-order valence-electron chi connectivity index (χ1n) is 6.31. The number of guanidine groups is 1. The maximum absolute atomic E-state index is 4.44. The summed E-state index contributed by atoms with van der Waals surface area (Å²) in [4.78, 5) is 6.60. The molecule has 3 nitrogen and oxygen atoms in total. The van der Waals surface area contributed by atoms with Crippen LogP contribution < -0.4 is 5.32 Å². The molecule has 0 fully saturated rings. The molecule has 18 heavy (non-hydrogen) atoms. The van der Waals surface area contributed by atoms with Crippen molar-refractivity contribution in [1.82, 2.24) is 10.2 Å². The molecule has 1 aliphatic heterocycles. The van der Waals surface area contributed by atoms with Gasteiger partial charge in [0.1, 0.15) is 0 Å². The number of benzene rings is 2. The van der Waals surface area contributed by atoms with E-state index in [4.69, 9.17) is 0 Å². The van der Waals surface area contributed by atoms with Crippen molar-refractivity contribution in [2.45, 2.75) is 6.54 Å². The zero-order valence-corrected chi connectivity index (χ0v) is 10.6. The summed E-state index contributed by atoms with van der Waals surface area (Å²) in [5.41, 5.74) is 1.32. The van der Waals surface area contributed by atoms with Gasteiger partial charge in [-0.25, -0.2) is 0 Å². The van der Waals surface area contributed by atoms with Crippen LogP contribution in [0, 0.1) is 0 Å². The van der Waals surface area contributed by atoms with Gasteiger partial charge in [-0.1, -0.05) is 42.5 Å². The fraction of sp³-hybridized carbons (Fsp3) is 0.267. The van der Waals surface area contributed by atoms with Crippen LogP contribution in [0.4, 0.5) is 0 Å². The fourth-order valence-electron chi connectivity index (χ4n) is 2.34. The molecule has 3 heteroatoms. The Morgan fingerprint density at radius 3 is 2.83 bits per heavy atom. The van der Waals surface area contributed by atoms with Crippen LogP contribution in [-0.2, 0) is 6.54 Å². The Labute approximate surface area is 107 Å². The second-order valence-corrected chi connectivity index (χ2v) is 4.62. The lowest BCUT2D eigenvalue weighted by atomic mass is 10.0. The van der Waals surface area contributed by atoms with Crippen LogP contribution in [0.1, 0.15) is 5.56 Å². The molecule has 0 saturated heterocycles. The predicted octanol–water partition coefficient (Wildman–Crippen LogP) is 2.23. The van der Waals surface area contributed by atoms with Gasteiger partial charge in [-0.15, -0.1) is 0 Å². The molecule has 1 aliphatic rings. The van der Waals surface area contributed by atoms with Crippen LogP contribution in [0.3, 0.4) is 0 Å². The van der Waals surface area contributed by atoms with E-state index in [1.807, 2.05) is 0 Å². The number of nitrogens with zero attached hydrogens (tertiary/aromatic N) is 2. The number of hydrogen-bond acceptors (Lipinski definition) is 3. The van der Waals surface area contributed by atoms with Crippen molar-refractivity contribution in [2.24, 2.45) is 4.99 Å². The minimum atomic E-state index is 0.824. The van der Waals surface area contributed by atoms with E-state index >= 15 is 0 Å². The van der Waals surface area contributed by atoms with E-state index in [0.717, 1.165) is 25.6 Å². The molecule has 0 unspecified atom stereocenters. The average Bonchev–Trinajstić information content (AvgIpc) is 2.82. The molecule has 1 N–H and O–H groups in total. The number of rotatable bonds is 2. The molecule has 92 valence electrons. The van der Waals surface area contributed by atoms with Gasteiger partial charge < -0.3 is 10.2 Å². The molecule has 2 aromatic carbocycles. The highest BCUT2D eigenvalue weighted by Crippen LogP contribution is 2.18. The molecule has 3 rings (SSSR count). The number of hydrogen-bond donors (Lipinski definition) is 1. The van der Waals surface area contributed by atoms with Crippen molar-refractivity contribution >= 4 is 16.7 Å². The van der Waals surface area contributed by atoms with Gasteiger partial charge in [0.05, 0.1) is 6.54 Å². The predicted molar refractivity (Wildman–Crippen MR) is 75.7 cm³/mol. The lowest BCUT2D eigenvalue weighted by molar-refractivity contribution is 0.534.